The highest BCUT2D eigenvalue weighted by Crippen LogP contribution is 2.26. The van der Waals surface area contributed by atoms with Gasteiger partial charge in [0.25, 0.3) is 0 Å². The molecule has 1 fully saturated rings. The van der Waals surface area contributed by atoms with E-state index in [1.807, 2.05) is 0 Å². The Balaban J connectivity index is 2.69. The van der Waals surface area contributed by atoms with Crippen molar-refractivity contribution in [3.8, 4) is 0 Å². The summed E-state index contributed by atoms with van der Waals surface area (Å²) in [6, 6.07) is 0. The molecule has 1 aliphatic heterocycles. The predicted molar refractivity (Wildman–Crippen MR) is 331 cm³/mol. The molecule has 6 atom stereocenters. The number of carboxylic acids is 1. The Morgan fingerprint density at radius 2 is 0.778 bits per heavy atom. The maximum absolute atomic E-state index is 13.2. The van der Waals surface area contributed by atoms with Crippen molar-refractivity contribution < 1.29 is 58.2 Å². The van der Waals surface area contributed by atoms with Crippen LogP contribution < -0.4 is 0 Å². The second-order valence-electron chi connectivity index (χ2n) is 22.0. The molecule has 0 spiro atoms. The van der Waals surface area contributed by atoms with Gasteiger partial charge in [-0.05, 0) is 96.3 Å². The number of hydrogen-bond acceptors (Lipinski definition) is 11. The van der Waals surface area contributed by atoms with Gasteiger partial charge in [0.1, 0.15) is 18.8 Å². The Hall–Kier alpha value is -4.10. The first-order valence-electron chi connectivity index (χ1n) is 32.6. The lowest BCUT2D eigenvalue weighted by atomic mass is 9.98. The minimum absolute atomic E-state index is 0.00530. The predicted octanol–water partition coefficient (Wildman–Crippen LogP) is 17.5. The molecule has 1 saturated heterocycles. The quantitative estimate of drug-likeness (QED) is 0.0228. The van der Waals surface area contributed by atoms with Crippen molar-refractivity contribution in [1.29, 1.82) is 0 Å². The molecule has 0 aliphatic carbocycles. The van der Waals surface area contributed by atoms with Crippen molar-refractivity contribution in [2.24, 2.45) is 0 Å². The number of aliphatic hydroxyl groups is 2. The van der Waals surface area contributed by atoms with Crippen molar-refractivity contribution in [2.45, 2.75) is 314 Å². The van der Waals surface area contributed by atoms with Gasteiger partial charge in [0.15, 0.2) is 24.6 Å². The van der Waals surface area contributed by atoms with Crippen molar-refractivity contribution in [2.75, 3.05) is 13.2 Å². The summed E-state index contributed by atoms with van der Waals surface area (Å²) >= 11 is 0. The fraction of sp³-hybridized carbons (Fsp3) is 0.739. The molecule has 1 heterocycles. The molecule has 6 unspecified atom stereocenters. The van der Waals surface area contributed by atoms with Crippen LogP contribution in [-0.4, -0.2) is 89.2 Å². The maximum atomic E-state index is 13.2. The molecular formula is C69H116O12. The average molecular weight is 1140 g/mol. The number of carbonyl (C=O) groups is 4. The second-order valence-corrected chi connectivity index (χ2v) is 22.0. The van der Waals surface area contributed by atoms with Gasteiger partial charge in [0.05, 0.1) is 6.61 Å². The van der Waals surface area contributed by atoms with E-state index in [0.717, 1.165) is 103 Å². The number of ether oxygens (including phenoxy) is 5. The molecule has 0 bridgehead atoms. The fourth-order valence-electron chi connectivity index (χ4n) is 9.48. The molecule has 1 aliphatic rings. The van der Waals surface area contributed by atoms with Crippen LogP contribution in [0.2, 0.25) is 0 Å². The Morgan fingerprint density at radius 1 is 0.420 bits per heavy atom. The van der Waals surface area contributed by atoms with E-state index in [1.165, 1.54) is 109 Å². The number of hydrogen-bond donors (Lipinski definition) is 3. The lowest BCUT2D eigenvalue weighted by Crippen LogP contribution is -2.61. The number of esters is 3. The fourth-order valence-corrected chi connectivity index (χ4v) is 9.48. The lowest BCUT2D eigenvalue weighted by Gasteiger charge is -2.40. The Bertz CT molecular complexity index is 1730. The van der Waals surface area contributed by atoms with E-state index < -0.39 is 67.3 Å². The number of rotatable bonds is 55. The summed E-state index contributed by atoms with van der Waals surface area (Å²) in [5.74, 6) is -3.18. The summed E-state index contributed by atoms with van der Waals surface area (Å²) in [4.78, 5) is 51.3. The topological polar surface area (TPSA) is 175 Å². The van der Waals surface area contributed by atoms with E-state index in [2.05, 4.69) is 106 Å². The van der Waals surface area contributed by atoms with E-state index in [9.17, 15) is 34.5 Å². The van der Waals surface area contributed by atoms with Crippen LogP contribution >= 0.6 is 0 Å². The van der Waals surface area contributed by atoms with E-state index >= 15 is 0 Å². The summed E-state index contributed by atoms with van der Waals surface area (Å²) in [7, 11) is 0. The molecule has 3 N–H and O–H groups in total. The minimum Gasteiger partial charge on any atom is -0.479 e. The number of unbranched alkanes of at least 4 members (excludes halogenated alkanes) is 27. The first kappa shape index (κ1) is 74.9. The molecular weight excluding hydrogens is 1020 g/mol. The molecule has 0 amide bonds. The zero-order chi connectivity index (χ0) is 58.9. The first-order valence-corrected chi connectivity index (χ1v) is 32.6. The third-order valence-corrected chi connectivity index (χ3v) is 14.5. The van der Waals surface area contributed by atoms with Gasteiger partial charge in [0, 0.05) is 19.3 Å². The third kappa shape index (κ3) is 46.0. The molecule has 12 heteroatoms. The standard InChI is InChI=1S/C69H116O12/c1-4-7-10-13-16-19-22-25-28-30-31-33-35-37-40-43-46-49-52-55-61(70)77-58-60(79-62(71)56-53-50-47-44-41-39-36-32-29-26-23-20-17-14-11-8-5-2)59-78-69-67(65(74)64(73)66(81-69)68(75)76)80-63(72)57-54-51-48-45-42-38-34-27-24-21-18-15-12-9-6-3/h9,12,16,18-19,21,25,27-28,31,33-34,42,45,60,64-67,69,73-74H,4-8,10-11,13-15,17,20,22-24,26,29-30,32,35-41,43-44,46-59H2,1-3H3,(H,75,76)/b12-9-,19-16-,21-18-,28-25-,33-31-,34-27-,45-42-. The first-order chi connectivity index (χ1) is 39.6. The zero-order valence-electron chi connectivity index (χ0n) is 51.3. The van der Waals surface area contributed by atoms with Gasteiger partial charge in [0.2, 0.25) is 0 Å². The molecule has 0 saturated carbocycles. The maximum Gasteiger partial charge on any atom is 0.335 e. The summed E-state index contributed by atoms with van der Waals surface area (Å²) in [5, 5.41) is 31.6. The van der Waals surface area contributed by atoms with Gasteiger partial charge in [-0.3, -0.25) is 14.4 Å². The van der Waals surface area contributed by atoms with E-state index in [1.54, 1.807) is 0 Å². The average Bonchev–Trinajstić information content (AvgIpc) is 3.53. The van der Waals surface area contributed by atoms with Gasteiger partial charge in [-0.1, -0.05) is 247 Å². The van der Waals surface area contributed by atoms with Gasteiger partial charge in [-0.2, -0.15) is 0 Å². The highest BCUT2D eigenvalue weighted by molar-refractivity contribution is 5.74. The van der Waals surface area contributed by atoms with Gasteiger partial charge >= 0.3 is 23.9 Å². The highest BCUT2D eigenvalue weighted by atomic mass is 16.7. The van der Waals surface area contributed by atoms with Crippen molar-refractivity contribution in [3.63, 3.8) is 0 Å². The highest BCUT2D eigenvalue weighted by Gasteiger charge is 2.50. The largest absolute Gasteiger partial charge is 0.479 e. The number of allylic oxidation sites excluding steroid dienone is 14. The van der Waals surface area contributed by atoms with E-state index in [-0.39, 0.29) is 25.9 Å². The van der Waals surface area contributed by atoms with Gasteiger partial charge in [-0.15, -0.1) is 0 Å². The SMILES string of the molecule is CC/C=C\C/C=C\C/C=C\C/C=C\CCCCC(=O)OC1C(OCC(COC(=O)CCCCCCCC/C=C\C/C=C\C/C=C\CCCCC)OC(=O)CCCCCCCCCCCCCCCCCCC)OC(C(=O)O)C(O)C1O. The summed E-state index contributed by atoms with van der Waals surface area (Å²) < 4.78 is 28.5. The molecule has 0 radical (unpaired) electrons. The molecule has 0 aromatic heterocycles. The third-order valence-electron chi connectivity index (χ3n) is 14.5. The lowest BCUT2D eigenvalue weighted by molar-refractivity contribution is -0.301. The van der Waals surface area contributed by atoms with Crippen molar-refractivity contribution in [3.05, 3.63) is 85.1 Å². The molecule has 81 heavy (non-hydrogen) atoms. The van der Waals surface area contributed by atoms with E-state index in [0.29, 0.717) is 25.7 Å². The molecule has 12 nitrogen and oxygen atoms in total. The van der Waals surface area contributed by atoms with Crippen LogP contribution in [0.1, 0.15) is 278 Å². The van der Waals surface area contributed by atoms with Crippen LogP contribution in [0.4, 0.5) is 0 Å². The normalized spacial score (nSPS) is 18.3. The smallest absolute Gasteiger partial charge is 0.335 e. The van der Waals surface area contributed by atoms with Crippen LogP contribution in [0.5, 0.6) is 0 Å². The Labute approximate surface area is 492 Å². The van der Waals surface area contributed by atoms with Crippen LogP contribution in [-0.2, 0) is 42.9 Å². The molecule has 0 aromatic rings. The number of carbonyl (C=O) groups excluding carboxylic acids is 3. The molecule has 1 rings (SSSR count). The van der Waals surface area contributed by atoms with Crippen LogP contribution in [0.15, 0.2) is 85.1 Å². The number of carboxylic acid groups (broad SMARTS) is 1. The van der Waals surface area contributed by atoms with Gasteiger partial charge < -0.3 is 39.0 Å². The zero-order valence-corrected chi connectivity index (χ0v) is 51.3. The van der Waals surface area contributed by atoms with Crippen LogP contribution in [0, 0.1) is 0 Å². The summed E-state index contributed by atoms with van der Waals surface area (Å²) in [6.45, 7) is 5.85. The van der Waals surface area contributed by atoms with Crippen molar-refractivity contribution in [1.82, 2.24) is 0 Å². The van der Waals surface area contributed by atoms with E-state index in [4.69, 9.17) is 23.7 Å². The monoisotopic (exact) mass is 1140 g/mol. The minimum atomic E-state index is -1.92. The summed E-state index contributed by atoms with van der Waals surface area (Å²) in [5.41, 5.74) is 0. The van der Waals surface area contributed by atoms with Gasteiger partial charge in [-0.25, -0.2) is 4.79 Å². The number of aliphatic hydroxyl groups excluding tert-OH is 2. The molecule has 0 aromatic carbocycles. The van der Waals surface area contributed by atoms with Crippen molar-refractivity contribution >= 4 is 23.9 Å². The number of aliphatic carboxylic acids is 1. The van der Waals surface area contributed by atoms with Crippen LogP contribution in [0.3, 0.4) is 0 Å². The Morgan fingerprint density at radius 3 is 1.23 bits per heavy atom. The molecule has 464 valence electrons. The van der Waals surface area contributed by atoms with Crippen LogP contribution in [0.25, 0.3) is 0 Å². The Kier molecular flexibility index (Phi) is 52.1. The summed E-state index contributed by atoms with van der Waals surface area (Å²) in [6.07, 6.45) is 61.1. The second kappa shape index (κ2) is 56.4.